The predicted molar refractivity (Wildman–Crippen MR) is 142 cm³/mol. The first-order valence-corrected chi connectivity index (χ1v) is 13.1. The summed E-state index contributed by atoms with van der Waals surface area (Å²) in [5.41, 5.74) is 2.22. The number of para-hydroxylation sites is 1. The number of rotatable bonds is 5. The van der Waals surface area contributed by atoms with Gasteiger partial charge in [-0.25, -0.2) is 9.78 Å². The fourth-order valence-corrected chi connectivity index (χ4v) is 5.49. The molecule has 3 aromatic heterocycles. The number of aryl methyl sites for hydroxylation is 2. The summed E-state index contributed by atoms with van der Waals surface area (Å²) in [5, 5.41) is 2.68. The van der Waals surface area contributed by atoms with Crippen LogP contribution in [0.15, 0.2) is 53.6 Å². The summed E-state index contributed by atoms with van der Waals surface area (Å²) >= 11 is 5.82. The molecule has 5 rings (SSSR count). The van der Waals surface area contributed by atoms with Gasteiger partial charge >= 0.3 is 11.9 Å². The first-order valence-electron chi connectivity index (χ1n) is 12.7. The Balaban J connectivity index is 1.32. The van der Waals surface area contributed by atoms with Gasteiger partial charge < -0.3 is 5.32 Å². The molecule has 1 fully saturated rings. The SMILES string of the molecule is Cc1ccc(-n2c(=O)n(CC3CCC(NC(=O)c4cc(Cl)cnc4C(F)(F)F)CC3)c3cccc(C)c32)cn1. The highest BCUT2D eigenvalue weighted by atomic mass is 35.5. The van der Waals surface area contributed by atoms with E-state index in [1.165, 1.54) is 0 Å². The van der Waals surface area contributed by atoms with Gasteiger partial charge in [-0.3, -0.25) is 18.9 Å². The smallest absolute Gasteiger partial charge is 0.349 e. The molecule has 0 spiro atoms. The standard InChI is InChI=1S/C28H27ClF3N5O2/c1-16-4-3-5-23-24(16)37(21-11-6-17(2)33-14-21)27(39)36(23)15-18-7-9-20(10-8-18)35-26(38)22-12-19(29)13-34-25(22)28(30,31)32/h3-6,11-14,18,20H,7-10,15H2,1-2H3,(H,35,38). The topological polar surface area (TPSA) is 81.8 Å². The summed E-state index contributed by atoms with van der Waals surface area (Å²) in [6, 6.07) is 10.3. The molecule has 0 saturated heterocycles. The van der Waals surface area contributed by atoms with Crippen molar-refractivity contribution in [3.05, 3.63) is 86.8 Å². The number of amides is 1. The molecule has 11 heteroatoms. The zero-order valence-corrected chi connectivity index (χ0v) is 22.2. The second-order valence-corrected chi connectivity index (χ2v) is 10.5. The highest BCUT2D eigenvalue weighted by Gasteiger charge is 2.38. The van der Waals surface area contributed by atoms with Crippen LogP contribution >= 0.6 is 11.6 Å². The number of fused-ring (bicyclic) bond motifs is 1. The van der Waals surface area contributed by atoms with E-state index in [0.29, 0.717) is 37.9 Å². The van der Waals surface area contributed by atoms with Gasteiger partial charge in [0, 0.05) is 24.5 Å². The molecule has 1 aliphatic carbocycles. The average Bonchev–Trinajstić information content (AvgIpc) is 3.17. The second kappa shape index (κ2) is 10.5. The molecule has 1 saturated carbocycles. The Labute approximate surface area is 227 Å². The maximum absolute atomic E-state index is 13.6. The second-order valence-electron chi connectivity index (χ2n) is 10.1. The van der Waals surface area contributed by atoms with Crippen molar-refractivity contribution < 1.29 is 18.0 Å². The van der Waals surface area contributed by atoms with Crippen molar-refractivity contribution >= 4 is 28.5 Å². The molecule has 0 bridgehead atoms. The molecule has 1 N–H and O–H groups in total. The minimum absolute atomic E-state index is 0.0434. The van der Waals surface area contributed by atoms with Crippen LogP contribution in [0.4, 0.5) is 13.2 Å². The van der Waals surface area contributed by atoms with Gasteiger partial charge in [0.05, 0.1) is 33.5 Å². The Morgan fingerprint density at radius 2 is 1.82 bits per heavy atom. The fourth-order valence-electron chi connectivity index (χ4n) is 5.33. The van der Waals surface area contributed by atoms with E-state index >= 15 is 0 Å². The maximum atomic E-state index is 13.6. The Hall–Kier alpha value is -3.66. The van der Waals surface area contributed by atoms with Gasteiger partial charge in [0.1, 0.15) is 0 Å². The lowest BCUT2D eigenvalue weighted by molar-refractivity contribution is -0.141. The van der Waals surface area contributed by atoms with Crippen molar-refractivity contribution in [3.8, 4) is 5.69 Å². The first-order chi connectivity index (χ1) is 18.5. The molecular weight excluding hydrogens is 531 g/mol. The maximum Gasteiger partial charge on any atom is 0.434 e. The molecule has 0 unspecified atom stereocenters. The van der Waals surface area contributed by atoms with Gasteiger partial charge in [-0.15, -0.1) is 0 Å². The number of pyridine rings is 2. The van der Waals surface area contributed by atoms with Crippen LogP contribution in [0.1, 0.15) is 53.0 Å². The number of benzene rings is 1. The summed E-state index contributed by atoms with van der Waals surface area (Å²) in [7, 11) is 0. The highest BCUT2D eigenvalue weighted by molar-refractivity contribution is 6.30. The summed E-state index contributed by atoms with van der Waals surface area (Å²) in [5.74, 6) is -0.674. The molecule has 0 atom stereocenters. The average molecular weight is 558 g/mol. The van der Waals surface area contributed by atoms with Crippen LogP contribution in [0.25, 0.3) is 16.7 Å². The van der Waals surface area contributed by atoms with Crippen LogP contribution in [0.5, 0.6) is 0 Å². The van der Waals surface area contributed by atoms with Crippen LogP contribution in [-0.2, 0) is 12.7 Å². The monoisotopic (exact) mass is 557 g/mol. The summed E-state index contributed by atoms with van der Waals surface area (Å²) < 4.78 is 43.6. The van der Waals surface area contributed by atoms with Crippen LogP contribution in [0, 0.1) is 19.8 Å². The van der Waals surface area contributed by atoms with E-state index in [1.807, 2.05) is 44.2 Å². The van der Waals surface area contributed by atoms with Crippen LogP contribution in [0.3, 0.4) is 0 Å². The molecule has 1 aliphatic rings. The molecule has 7 nitrogen and oxygen atoms in total. The van der Waals surface area contributed by atoms with Crippen molar-refractivity contribution in [2.45, 2.75) is 58.3 Å². The molecule has 0 radical (unpaired) electrons. The summed E-state index contributed by atoms with van der Waals surface area (Å²) in [6.45, 7) is 4.36. The molecule has 3 heterocycles. The quantitative estimate of drug-likeness (QED) is 0.333. The predicted octanol–water partition coefficient (Wildman–Crippen LogP) is 5.86. The lowest BCUT2D eigenvalue weighted by atomic mass is 9.85. The number of aromatic nitrogens is 4. The Morgan fingerprint density at radius 1 is 1.08 bits per heavy atom. The Morgan fingerprint density at radius 3 is 2.49 bits per heavy atom. The van der Waals surface area contributed by atoms with Crippen molar-refractivity contribution in [1.82, 2.24) is 24.4 Å². The van der Waals surface area contributed by atoms with Gasteiger partial charge in [0.25, 0.3) is 5.91 Å². The molecule has 1 aromatic carbocycles. The zero-order chi connectivity index (χ0) is 27.9. The minimum atomic E-state index is -4.77. The third kappa shape index (κ3) is 5.43. The number of nitrogens with zero attached hydrogens (tertiary/aromatic N) is 4. The lowest BCUT2D eigenvalue weighted by Gasteiger charge is -2.29. The highest BCUT2D eigenvalue weighted by Crippen LogP contribution is 2.32. The van der Waals surface area contributed by atoms with Crippen molar-refractivity contribution in [2.75, 3.05) is 0 Å². The number of hydrogen-bond acceptors (Lipinski definition) is 4. The lowest BCUT2D eigenvalue weighted by Crippen LogP contribution is -2.39. The van der Waals surface area contributed by atoms with Crippen molar-refractivity contribution in [1.29, 1.82) is 0 Å². The van der Waals surface area contributed by atoms with E-state index in [9.17, 15) is 22.8 Å². The fraction of sp³-hybridized carbons (Fsp3) is 0.357. The molecule has 1 amide bonds. The Bertz CT molecular complexity index is 1590. The molecule has 0 aliphatic heterocycles. The van der Waals surface area contributed by atoms with Gasteiger partial charge in [0.2, 0.25) is 0 Å². The summed E-state index contributed by atoms with van der Waals surface area (Å²) in [4.78, 5) is 34.1. The number of carbonyl (C=O) groups excluding carboxylic acids is 1. The third-order valence-corrected chi connectivity index (χ3v) is 7.50. The van der Waals surface area contributed by atoms with Gasteiger partial charge in [-0.05, 0) is 75.3 Å². The van der Waals surface area contributed by atoms with E-state index in [-0.39, 0.29) is 22.7 Å². The number of imidazole rings is 1. The number of halogens is 4. The van der Waals surface area contributed by atoms with Crippen LogP contribution in [-0.4, -0.2) is 31.1 Å². The van der Waals surface area contributed by atoms with E-state index in [1.54, 1.807) is 15.3 Å². The number of hydrogen-bond donors (Lipinski definition) is 1. The molecule has 204 valence electrons. The van der Waals surface area contributed by atoms with Gasteiger partial charge in [-0.1, -0.05) is 23.7 Å². The van der Waals surface area contributed by atoms with Crippen molar-refractivity contribution in [3.63, 3.8) is 0 Å². The largest absolute Gasteiger partial charge is 0.434 e. The normalized spacial score (nSPS) is 17.9. The number of carbonyl (C=O) groups is 1. The van der Waals surface area contributed by atoms with Gasteiger partial charge in [-0.2, -0.15) is 13.2 Å². The minimum Gasteiger partial charge on any atom is -0.349 e. The Kier molecular flexibility index (Phi) is 7.24. The van der Waals surface area contributed by atoms with E-state index in [2.05, 4.69) is 15.3 Å². The summed E-state index contributed by atoms with van der Waals surface area (Å²) in [6.07, 6.45) is 0.390. The van der Waals surface area contributed by atoms with E-state index < -0.39 is 23.3 Å². The molecule has 4 aromatic rings. The number of nitrogens with one attached hydrogen (secondary N) is 1. The van der Waals surface area contributed by atoms with E-state index in [0.717, 1.165) is 34.6 Å². The van der Waals surface area contributed by atoms with Gasteiger partial charge in [0.15, 0.2) is 5.69 Å². The van der Waals surface area contributed by atoms with Crippen LogP contribution in [0.2, 0.25) is 5.02 Å². The molecular formula is C28H27ClF3N5O2. The van der Waals surface area contributed by atoms with Crippen molar-refractivity contribution in [2.24, 2.45) is 5.92 Å². The van der Waals surface area contributed by atoms with E-state index in [4.69, 9.17) is 11.6 Å². The number of alkyl halides is 3. The van der Waals surface area contributed by atoms with Crippen LogP contribution < -0.4 is 11.0 Å². The first kappa shape index (κ1) is 26.9. The molecule has 39 heavy (non-hydrogen) atoms. The third-order valence-electron chi connectivity index (χ3n) is 7.30. The zero-order valence-electron chi connectivity index (χ0n) is 21.4.